The van der Waals surface area contributed by atoms with Gasteiger partial charge in [-0.15, -0.1) is 0 Å². The minimum absolute atomic E-state index is 0.286. The Kier molecular flexibility index (Phi) is 4.36. The van der Waals surface area contributed by atoms with Crippen molar-refractivity contribution in [1.82, 2.24) is 0 Å². The molecule has 0 aromatic heterocycles. The third-order valence-corrected chi connectivity index (χ3v) is 3.79. The minimum Gasteiger partial charge on any atom is -0.495 e. The number of nitrogens with zero attached hydrogens (tertiary/aromatic N) is 1. The van der Waals surface area contributed by atoms with E-state index in [9.17, 15) is 0 Å². The summed E-state index contributed by atoms with van der Waals surface area (Å²) < 4.78 is 5.17. The molecule has 2 rings (SSSR count). The maximum atomic E-state index is 6.16. The molecule has 2 atom stereocenters. The Morgan fingerprint density at radius 2 is 2.33 bits per heavy atom. The van der Waals surface area contributed by atoms with E-state index in [0.717, 1.165) is 25.3 Å². The predicted octanol–water partition coefficient (Wildman–Crippen LogP) is 2.91. The number of rotatable bonds is 4. The summed E-state index contributed by atoms with van der Waals surface area (Å²) in [6.45, 7) is 4.23. The Bertz CT molecular complexity index is 409. The summed E-state index contributed by atoms with van der Waals surface area (Å²) in [7, 11) is 1.63. The lowest BCUT2D eigenvalue weighted by atomic mass is 10.0. The first-order valence-electron chi connectivity index (χ1n) is 6.44. The van der Waals surface area contributed by atoms with E-state index in [0.29, 0.717) is 10.9 Å². The molecule has 4 heteroatoms. The molecule has 0 amide bonds. The predicted molar refractivity (Wildman–Crippen MR) is 76.6 cm³/mol. The molecule has 1 heterocycles. The molecule has 100 valence electrons. The van der Waals surface area contributed by atoms with Gasteiger partial charge in [-0.1, -0.05) is 11.6 Å². The van der Waals surface area contributed by atoms with Gasteiger partial charge in [0.1, 0.15) is 5.75 Å². The number of hydrogen-bond acceptors (Lipinski definition) is 3. The number of nitrogens with two attached hydrogens (primary N) is 1. The van der Waals surface area contributed by atoms with Gasteiger partial charge < -0.3 is 15.4 Å². The average molecular weight is 269 g/mol. The summed E-state index contributed by atoms with van der Waals surface area (Å²) in [5, 5.41) is 0.672. The largest absolute Gasteiger partial charge is 0.495 e. The number of ether oxygens (including phenoxy) is 1. The number of halogens is 1. The van der Waals surface area contributed by atoms with Crippen molar-refractivity contribution in [2.24, 2.45) is 11.7 Å². The number of hydrogen-bond donors (Lipinski definition) is 1. The number of methoxy groups -OCH3 is 1. The van der Waals surface area contributed by atoms with Crippen LogP contribution in [0, 0.1) is 5.92 Å². The summed E-state index contributed by atoms with van der Waals surface area (Å²) in [4.78, 5) is 2.37. The molecule has 0 saturated carbocycles. The van der Waals surface area contributed by atoms with Crippen molar-refractivity contribution in [3.8, 4) is 5.75 Å². The van der Waals surface area contributed by atoms with Crippen LogP contribution in [0.1, 0.15) is 19.8 Å². The molecule has 1 aromatic rings. The van der Waals surface area contributed by atoms with E-state index < -0.39 is 0 Å². The van der Waals surface area contributed by atoms with E-state index >= 15 is 0 Å². The molecule has 18 heavy (non-hydrogen) atoms. The van der Waals surface area contributed by atoms with Crippen LogP contribution in [0.15, 0.2) is 18.2 Å². The monoisotopic (exact) mass is 268 g/mol. The summed E-state index contributed by atoms with van der Waals surface area (Å²) in [6.07, 6.45) is 2.31. The fourth-order valence-corrected chi connectivity index (χ4v) is 2.89. The summed E-state index contributed by atoms with van der Waals surface area (Å²) in [5.41, 5.74) is 7.04. The smallest absolute Gasteiger partial charge is 0.137 e. The van der Waals surface area contributed by atoms with Gasteiger partial charge in [-0.05, 0) is 43.9 Å². The Morgan fingerprint density at radius 3 is 2.94 bits per heavy atom. The summed E-state index contributed by atoms with van der Waals surface area (Å²) in [6, 6.07) is 6.26. The molecule has 1 aliphatic heterocycles. The Hall–Kier alpha value is -0.930. The van der Waals surface area contributed by atoms with Gasteiger partial charge in [0.2, 0.25) is 0 Å². The van der Waals surface area contributed by atoms with Crippen LogP contribution in [0.3, 0.4) is 0 Å². The molecule has 0 bridgehead atoms. The number of benzene rings is 1. The Morgan fingerprint density at radius 1 is 1.56 bits per heavy atom. The highest BCUT2D eigenvalue weighted by atomic mass is 35.5. The lowest BCUT2D eigenvalue weighted by Gasteiger charge is -2.20. The van der Waals surface area contributed by atoms with Gasteiger partial charge in [-0.3, -0.25) is 0 Å². The zero-order valence-electron chi connectivity index (χ0n) is 11.0. The Labute approximate surface area is 114 Å². The van der Waals surface area contributed by atoms with Gasteiger partial charge in [-0.25, -0.2) is 0 Å². The first kappa shape index (κ1) is 13.5. The highest BCUT2D eigenvalue weighted by Crippen LogP contribution is 2.32. The van der Waals surface area contributed by atoms with Crippen molar-refractivity contribution < 1.29 is 4.74 Å². The lowest BCUT2D eigenvalue weighted by Crippen LogP contribution is -2.23. The van der Waals surface area contributed by atoms with E-state index in [2.05, 4.69) is 17.9 Å². The summed E-state index contributed by atoms with van der Waals surface area (Å²) in [5.74, 6) is 1.43. The maximum Gasteiger partial charge on any atom is 0.137 e. The zero-order chi connectivity index (χ0) is 13.1. The number of anilines is 1. The van der Waals surface area contributed by atoms with Crippen LogP contribution in [0.4, 0.5) is 5.69 Å². The molecule has 0 radical (unpaired) electrons. The quantitative estimate of drug-likeness (QED) is 0.913. The standard InChI is InChI=1S/C14H21ClN2O/c1-10(16)7-11-5-6-17(9-11)12-3-4-14(18-2)13(15)8-12/h3-4,8,10-11H,5-7,9,16H2,1-2H3. The second kappa shape index (κ2) is 5.81. The molecule has 0 spiro atoms. The average Bonchev–Trinajstić information content (AvgIpc) is 2.76. The zero-order valence-corrected chi connectivity index (χ0v) is 11.8. The van der Waals surface area contributed by atoms with E-state index in [-0.39, 0.29) is 6.04 Å². The second-order valence-corrected chi connectivity index (χ2v) is 5.54. The fourth-order valence-electron chi connectivity index (χ4n) is 2.64. The summed E-state index contributed by atoms with van der Waals surface area (Å²) >= 11 is 6.16. The molecule has 2 unspecified atom stereocenters. The van der Waals surface area contributed by atoms with Gasteiger partial charge >= 0.3 is 0 Å². The first-order valence-corrected chi connectivity index (χ1v) is 6.82. The molecule has 1 fully saturated rings. The normalized spacial score (nSPS) is 21.1. The van der Waals surface area contributed by atoms with Crippen LogP contribution in [0.2, 0.25) is 5.02 Å². The Balaban J connectivity index is 2.03. The van der Waals surface area contributed by atoms with Crippen molar-refractivity contribution in [2.45, 2.75) is 25.8 Å². The van der Waals surface area contributed by atoms with E-state index in [1.54, 1.807) is 7.11 Å². The molecule has 1 saturated heterocycles. The molecule has 0 aliphatic carbocycles. The van der Waals surface area contributed by atoms with Crippen LogP contribution in [-0.2, 0) is 0 Å². The van der Waals surface area contributed by atoms with E-state index in [4.69, 9.17) is 22.1 Å². The fraction of sp³-hybridized carbons (Fsp3) is 0.571. The van der Waals surface area contributed by atoms with Crippen LogP contribution in [0.5, 0.6) is 5.75 Å². The molecular weight excluding hydrogens is 248 g/mol. The SMILES string of the molecule is COc1ccc(N2CCC(CC(C)N)C2)cc1Cl. The van der Waals surface area contributed by atoms with Crippen molar-refractivity contribution in [3.63, 3.8) is 0 Å². The van der Waals surface area contributed by atoms with Crippen LogP contribution in [-0.4, -0.2) is 26.2 Å². The third-order valence-electron chi connectivity index (χ3n) is 3.49. The lowest BCUT2D eigenvalue weighted by molar-refractivity contribution is 0.415. The van der Waals surface area contributed by atoms with Gasteiger partial charge in [0, 0.05) is 24.8 Å². The first-order chi connectivity index (χ1) is 8.60. The van der Waals surface area contributed by atoms with E-state index in [1.165, 1.54) is 12.1 Å². The maximum absolute atomic E-state index is 6.16. The van der Waals surface area contributed by atoms with Gasteiger partial charge in [0.25, 0.3) is 0 Å². The van der Waals surface area contributed by atoms with E-state index in [1.807, 2.05) is 12.1 Å². The van der Waals surface area contributed by atoms with Gasteiger partial charge in [0.15, 0.2) is 0 Å². The van der Waals surface area contributed by atoms with Gasteiger partial charge in [0.05, 0.1) is 12.1 Å². The van der Waals surface area contributed by atoms with Crippen molar-refractivity contribution in [1.29, 1.82) is 0 Å². The van der Waals surface area contributed by atoms with Crippen LogP contribution in [0.25, 0.3) is 0 Å². The molecule has 1 aliphatic rings. The molecule has 3 nitrogen and oxygen atoms in total. The highest BCUT2D eigenvalue weighted by Gasteiger charge is 2.23. The molecular formula is C14H21ClN2O. The van der Waals surface area contributed by atoms with Gasteiger partial charge in [-0.2, -0.15) is 0 Å². The second-order valence-electron chi connectivity index (χ2n) is 5.13. The minimum atomic E-state index is 0.286. The van der Waals surface area contributed by atoms with Crippen LogP contribution < -0.4 is 15.4 Å². The van der Waals surface area contributed by atoms with Crippen molar-refractivity contribution >= 4 is 17.3 Å². The molecule has 2 N–H and O–H groups in total. The third kappa shape index (κ3) is 3.09. The highest BCUT2D eigenvalue weighted by molar-refractivity contribution is 6.32. The molecule has 1 aromatic carbocycles. The van der Waals surface area contributed by atoms with Crippen molar-refractivity contribution in [2.75, 3.05) is 25.1 Å². The topological polar surface area (TPSA) is 38.5 Å². The van der Waals surface area contributed by atoms with Crippen molar-refractivity contribution in [3.05, 3.63) is 23.2 Å². The van der Waals surface area contributed by atoms with Crippen LogP contribution >= 0.6 is 11.6 Å².